The van der Waals surface area contributed by atoms with Crippen molar-refractivity contribution in [2.45, 2.75) is 26.4 Å². The minimum Gasteiger partial charge on any atom is -0.294 e. The van der Waals surface area contributed by atoms with E-state index in [0.717, 1.165) is 11.3 Å². The molecule has 0 aliphatic heterocycles. The Morgan fingerprint density at radius 1 is 1.50 bits per heavy atom. The van der Waals surface area contributed by atoms with Gasteiger partial charge in [0.05, 0.1) is 0 Å². The smallest absolute Gasteiger partial charge is 0.109 e. The summed E-state index contributed by atoms with van der Waals surface area (Å²) in [6.45, 7) is 5.78. The van der Waals surface area contributed by atoms with Gasteiger partial charge in [0.2, 0.25) is 0 Å². The topological polar surface area (TPSA) is 48.1 Å². The molecule has 1 rings (SSSR count). The van der Waals surface area contributed by atoms with Crippen LogP contribution in [-0.4, -0.2) is 4.98 Å². The molecule has 12 heavy (non-hydrogen) atoms. The van der Waals surface area contributed by atoms with Gasteiger partial charge in [-0.2, -0.15) is 0 Å². The van der Waals surface area contributed by atoms with E-state index in [1.54, 1.807) is 6.20 Å². The van der Waals surface area contributed by atoms with Gasteiger partial charge in [-0.15, -0.1) is 0 Å². The average molecular weight is 166 g/mol. The van der Waals surface area contributed by atoms with Crippen molar-refractivity contribution in [1.29, 1.82) is 0 Å². The van der Waals surface area contributed by atoms with E-state index in [-0.39, 0.29) is 0 Å². The van der Waals surface area contributed by atoms with E-state index in [0.29, 0.717) is 0 Å². The summed E-state index contributed by atoms with van der Waals surface area (Å²) < 4.78 is 0. The summed E-state index contributed by atoms with van der Waals surface area (Å²) >= 11 is 0. The number of pyridine rings is 1. The first-order chi connectivity index (χ1) is 5.56. The lowest BCUT2D eigenvalue weighted by atomic mass is 9.99. The van der Waals surface area contributed by atoms with Crippen LogP contribution in [-0.2, 0) is 10.4 Å². The van der Waals surface area contributed by atoms with Crippen LogP contribution >= 0.6 is 0 Å². The number of nitrogens with two attached hydrogens (primary N) is 1. The van der Waals surface area contributed by atoms with Gasteiger partial charge in [0.25, 0.3) is 0 Å². The molecule has 0 fully saturated rings. The van der Waals surface area contributed by atoms with E-state index < -0.39 is 5.60 Å². The molecule has 66 valence electrons. The fourth-order valence-electron chi connectivity index (χ4n) is 0.988. The number of rotatable bonds is 2. The molecular weight excluding hydrogens is 152 g/mol. The van der Waals surface area contributed by atoms with Gasteiger partial charge in [0.1, 0.15) is 5.60 Å². The summed E-state index contributed by atoms with van der Waals surface area (Å²) in [5, 5.41) is 0. The van der Waals surface area contributed by atoms with Crippen molar-refractivity contribution in [3.05, 3.63) is 29.6 Å². The summed E-state index contributed by atoms with van der Waals surface area (Å²) in [6.07, 6.45) is 1.76. The van der Waals surface area contributed by atoms with E-state index in [9.17, 15) is 0 Å². The third-order valence-electron chi connectivity index (χ3n) is 1.89. The van der Waals surface area contributed by atoms with Gasteiger partial charge in [0, 0.05) is 11.9 Å². The van der Waals surface area contributed by atoms with Crippen LogP contribution in [0.2, 0.25) is 0 Å². The molecule has 0 saturated heterocycles. The molecule has 0 unspecified atom stereocenters. The van der Waals surface area contributed by atoms with Crippen molar-refractivity contribution in [2.75, 3.05) is 0 Å². The molecule has 0 saturated carbocycles. The fraction of sp³-hybridized carbons (Fsp3) is 0.444. The largest absolute Gasteiger partial charge is 0.294 e. The Morgan fingerprint density at radius 3 is 2.67 bits per heavy atom. The molecule has 0 aromatic carbocycles. The fourth-order valence-corrected chi connectivity index (χ4v) is 0.988. The molecule has 3 heteroatoms. The maximum atomic E-state index is 5.17. The first kappa shape index (κ1) is 9.16. The molecule has 0 radical (unpaired) electrons. The molecule has 0 spiro atoms. The number of aromatic nitrogens is 1. The minimum absolute atomic E-state index is 0.437. The van der Waals surface area contributed by atoms with Crippen molar-refractivity contribution < 1.29 is 4.84 Å². The van der Waals surface area contributed by atoms with Crippen molar-refractivity contribution in [2.24, 2.45) is 5.90 Å². The van der Waals surface area contributed by atoms with Crippen LogP contribution in [0.1, 0.15) is 25.1 Å². The van der Waals surface area contributed by atoms with Crippen molar-refractivity contribution in [3.63, 3.8) is 0 Å². The summed E-state index contributed by atoms with van der Waals surface area (Å²) in [4.78, 5) is 8.94. The van der Waals surface area contributed by atoms with E-state index in [1.165, 1.54) is 0 Å². The van der Waals surface area contributed by atoms with Crippen LogP contribution in [0, 0.1) is 6.92 Å². The molecule has 0 aliphatic carbocycles. The Morgan fingerprint density at radius 2 is 2.17 bits per heavy atom. The summed E-state index contributed by atoms with van der Waals surface area (Å²) in [5.41, 5.74) is 1.57. The molecule has 1 aromatic rings. The molecular formula is C9H14N2O. The summed E-state index contributed by atoms with van der Waals surface area (Å²) in [7, 11) is 0. The molecule has 1 aromatic heterocycles. The van der Waals surface area contributed by atoms with Crippen LogP contribution in [0.15, 0.2) is 18.3 Å². The van der Waals surface area contributed by atoms with Gasteiger partial charge < -0.3 is 0 Å². The maximum absolute atomic E-state index is 5.17. The summed E-state index contributed by atoms with van der Waals surface area (Å²) in [6, 6.07) is 3.87. The Kier molecular flexibility index (Phi) is 2.45. The SMILES string of the molecule is Cc1cc(C(C)(C)ON)ccn1. The van der Waals surface area contributed by atoms with Crippen molar-refractivity contribution in [3.8, 4) is 0 Å². The lowest BCUT2D eigenvalue weighted by Gasteiger charge is -2.22. The minimum atomic E-state index is -0.437. The third kappa shape index (κ3) is 1.81. The average Bonchev–Trinajstić information content (AvgIpc) is 2.05. The number of nitrogens with zero attached hydrogens (tertiary/aromatic N) is 1. The van der Waals surface area contributed by atoms with Gasteiger partial charge in [0.15, 0.2) is 0 Å². The van der Waals surface area contributed by atoms with E-state index in [4.69, 9.17) is 10.7 Å². The summed E-state index contributed by atoms with van der Waals surface area (Å²) in [5.74, 6) is 5.17. The molecule has 0 bridgehead atoms. The predicted molar refractivity (Wildman–Crippen MR) is 47.3 cm³/mol. The first-order valence-corrected chi connectivity index (χ1v) is 3.87. The molecule has 0 aliphatic rings. The van der Waals surface area contributed by atoms with E-state index in [2.05, 4.69) is 4.98 Å². The van der Waals surface area contributed by atoms with Gasteiger partial charge in [-0.1, -0.05) is 0 Å². The van der Waals surface area contributed by atoms with Gasteiger partial charge in [-0.3, -0.25) is 9.82 Å². The molecule has 0 atom stereocenters. The quantitative estimate of drug-likeness (QED) is 0.677. The second-order valence-corrected chi connectivity index (χ2v) is 3.31. The Labute approximate surface area is 72.5 Å². The second kappa shape index (κ2) is 3.21. The molecule has 1 heterocycles. The van der Waals surface area contributed by atoms with Crippen LogP contribution in [0.25, 0.3) is 0 Å². The molecule has 3 nitrogen and oxygen atoms in total. The monoisotopic (exact) mass is 166 g/mol. The van der Waals surface area contributed by atoms with Crippen LogP contribution in [0.4, 0.5) is 0 Å². The lowest BCUT2D eigenvalue weighted by Crippen LogP contribution is -2.25. The highest BCUT2D eigenvalue weighted by Gasteiger charge is 2.20. The zero-order chi connectivity index (χ0) is 9.19. The van der Waals surface area contributed by atoms with Crippen LogP contribution in [0.5, 0.6) is 0 Å². The highest BCUT2D eigenvalue weighted by Crippen LogP contribution is 2.22. The Balaban J connectivity index is 3.03. The number of hydrogen-bond donors (Lipinski definition) is 1. The number of aryl methyl sites for hydroxylation is 1. The van der Waals surface area contributed by atoms with Crippen LogP contribution < -0.4 is 5.90 Å². The standard InChI is InChI=1S/C9H14N2O/c1-7-6-8(4-5-11-7)9(2,3)12-10/h4-6H,10H2,1-3H3. The van der Waals surface area contributed by atoms with Gasteiger partial charge in [-0.05, 0) is 38.5 Å². The zero-order valence-electron chi connectivity index (χ0n) is 7.66. The van der Waals surface area contributed by atoms with Crippen LogP contribution in [0.3, 0.4) is 0 Å². The van der Waals surface area contributed by atoms with E-state index in [1.807, 2.05) is 32.9 Å². The Hall–Kier alpha value is -0.930. The second-order valence-electron chi connectivity index (χ2n) is 3.31. The number of hydrogen-bond acceptors (Lipinski definition) is 3. The molecule has 2 N–H and O–H groups in total. The van der Waals surface area contributed by atoms with Gasteiger partial charge in [-0.25, -0.2) is 5.90 Å². The first-order valence-electron chi connectivity index (χ1n) is 3.87. The highest BCUT2D eigenvalue weighted by atomic mass is 16.6. The predicted octanol–water partition coefficient (Wildman–Crippen LogP) is 1.52. The normalized spacial score (nSPS) is 11.7. The van der Waals surface area contributed by atoms with Gasteiger partial charge >= 0.3 is 0 Å². The Bertz CT molecular complexity index is 271. The van der Waals surface area contributed by atoms with Crippen molar-refractivity contribution in [1.82, 2.24) is 4.98 Å². The third-order valence-corrected chi connectivity index (χ3v) is 1.89. The highest BCUT2D eigenvalue weighted by molar-refractivity contribution is 5.21. The van der Waals surface area contributed by atoms with E-state index >= 15 is 0 Å². The molecule has 0 amide bonds. The lowest BCUT2D eigenvalue weighted by molar-refractivity contribution is -0.0237. The maximum Gasteiger partial charge on any atom is 0.109 e. The van der Waals surface area contributed by atoms with Crippen molar-refractivity contribution >= 4 is 0 Å². The zero-order valence-corrected chi connectivity index (χ0v) is 7.66.